The van der Waals surface area contributed by atoms with Gasteiger partial charge in [0.25, 0.3) is 0 Å². The van der Waals surface area contributed by atoms with Crippen LogP contribution in [0.1, 0.15) is 57.9 Å². The van der Waals surface area contributed by atoms with E-state index in [1.54, 1.807) is 19.2 Å². The molecule has 0 amide bonds. The first-order chi connectivity index (χ1) is 15.2. The lowest BCUT2D eigenvalue weighted by molar-refractivity contribution is -0.137. The molecule has 0 aromatic heterocycles. The van der Waals surface area contributed by atoms with Gasteiger partial charge in [-0.25, -0.2) is 0 Å². The highest BCUT2D eigenvalue weighted by Gasteiger charge is 2.46. The average Bonchev–Trinajstić information content (AvgIpc) is 2.91. The Hall–Kier alpha value is -1.18. The maximum absolute atomic E-state index is 13.2. The van der Waals surface area contributed by atoms with Crippen molar-refractivity contribution in [1.82, 2.24) is 0 Å². The van der Waals surface area contributed by atoms with Gasteiger partial charge >= 0.3 is 6.18 Å². The fourth-order valence-corrected chi connectivity index (χ4v) is 6.82. The number of halogens is 4. The maximum Gasteiger partial charge on any atom is 0.416 e. The molecule has 0 saturated heterocycles. The van der Waals surface area contributed by atoms with Gasteiger partial charge in [0.15, 0.2) is 16.9 Å². The molecule has 32 heavy (non-hydrogen) atoms. The molecule has 1 aliphatic heterocycles. The van der Waals surface area contributed by atoms with E-state index in [2.05, 4.69) is 46.8 Å². The molecular formula is C25H32BrF3NOS+. The Labute approximate surface area is 201 Å². The molecule has 0 fully saturated rings. The van der Waals surface area contributed by atoms with Crippen LogP contribution in [-0.2, 0) is 21.5 Å². The van der Waals surface area contributed by atoms with Crippen molar-refractivity contribution in [3.63, 3.8) is 0 Å². The van der Waals surface area contributed by atoms with Gasteiger partial charge in [-0.2, -0.15) is 17.4 Å². The van der Waals surface area contributed by atoms with E-state index in [9.17, 15) is 13.2 Å². The van der Waals surface area contributed by atoms with Gasteiger partial charge in [-0.1, -0.05) is 55.5 Å². The first-order valence-corrected chi connectivity index (χ1v) is 13.3. The van der Waals surface area contributed by atoms with Crippen LogP contribution < -0.4 is 4.90 Å². The van der Waals surface area contributed by atoms with Crippen molar-refractivity contribution in [3.05, 3.63) is 52.5 Å². The lowest BCUT2D eigenvalue weighted by Gasteiger charge is -2.35. The van der Waals surface area contributed by atoms with Crippen LogP contribution in [0.3, 0.4) is 0 Å². The van der Waals surface area contributed by atoms with E-state index < -0.39 is 11.7 Å². The van der Waals surface area contributed by atoms with Crippen molar-refractivity contribution in [3.8, 4) is 0 Å². The molecule has 2 aromatic rings. The summed E-state index contributed by atoms with van der Waals surface area (Å²) in [6.45, 7) is 5.19. The van der Waals surface area contributed by atoms with Crippen LogP contribution in [0, 0.1) is 5.41 Å². The minimum absolute atomic E-state index is 0.0410. The van der Waals surface area contributed by atoms with Gasteiger partial charge in [0.05, 0.1) is 12.7 Å². The van der Waals surface area contributed by atoms with Gasteiger partial charge in [-0.3, -0.25) is 0 Å². The second kappa shape index (κ2) is 10.8. The van der Waals surface area contributed by atoms with Crippen LogP contribution in [0.15, 0.2) is 51.8 Å². The summed E-state index contributed by atoms with van der Waals surface area (Å²) in [6, 6.07) is 11.8. The zero-order chi connectivity index (χ0) is 23.4. The summed E-state index contributed by atoms with van der Waals surface area (Å²) in [7, 11) is 1.77. The van der Waals surface area contributed by atoms with Crippen molar-refractivity contribution >= 4 is 38.5 Å². The van der Waals surface area contributed by atoms with Gasteiger partial charge in [-0.05, 0) is 55.3 Å². The molecule has 2 nitrogen and oxygen atoms in total. The van der Waals surface area contributed by atoms with Crippen LogP contribution in [0.25, 0.3) is 0 Å². The third kappa shape index (κ3) is 5.84. The predicted molar refractivity (Wildman–Crippen MR) is 132 cm³/mol. The molecule has 0 saturated carbocycles. The predicted octanol–water partition coefficient (Wildman–Crippen LogP) is 8.53. The second-order valence-corrected chi connectivity index (χ2v) is 11.3. The molecule has 1 aliphatic rings. The highest BCUT2D eigenvalue weighted by atomic mass is 79.9. The van der Waals surface area contributed by atoms with E-state index in [0.717, 1.165) is 71.6 Å². The molecule has 0 bridgehead atoms. The highest BCUT2D eigenvalue weighted by Crippen LogP contribution is 2.46. The fraction of sp³-hybridized carbons (Fsp3) is 0.520. The molecular weight excluding hydrogens is 499 g/mol. The second-order valence-electron chi connectivity index (χ2n) is 8.61. The number of nitrogens with zero attached hydrogens (tertiary/aromatic N) is 1. The monoisotopic (exact) mass is 530 g/mol. The molecule has 1 heterocycles. The van der Waals surface area contributed by atoms with Crippen LogP contribution in [0.4, 0.5) is 24.5 Å². The standard InChI is InChI=1S/C25H32BrF3NOS/c1-4-6-14-24(15-7-5-2)17-30(21-11-8-19(9-12-21)25(27,28)29)22-16-20(26)10-13-23(22)32(18-24)31-3/h8-13,16H,4-7,14-15,17-18H2,1-3H3/q+1. The molecule has 0 aliphatic carbocycles. The van der Waals surface area contributed by atoms with E-state index in [1.807, 2.05) is 6.07 Å². The Morgan fingerprint density at radius 3 is 2.19 bits per heavy atom. The van der Waals surface area contributed by atoms with Crippen molar-refractivity contribution < 1.29 is 17.4 Å². The summed E-state index contributed by atoms with van der Waals surface area (Å²) in [4.78, 5) is 3.34. The number of hydrogen-bond acceptors (Lipinski definition) is 2. The summed E-state index contributed by atoms with van der Waals surface area (Å²) in [6.07, 6.45) is 2.33. The smallest absolute Gasteiger partial charge is 0.337 e. The quantitative estimate of drug-likeness (QED) is 0.317. The van der Waals surface area contributed by atoms with E-state index in [4.69, 9.17) is 4.18 Å². The molecule has 0 spiro atoms. The summed E-state index contributed by atoms with van der Waals surface area (Å²) in [5.41, 5.74) is 1.22. The lowest BCUT2D eigenvalue weighted by atomic mass is 9.79. The van der Waals surface area contributed by atoms with E-state index in [-0.39, 0.29) is 16.6 Å². The number of benzene rings is 2. The third-order valence-corrected chi connectivity index (χ3v) is 8.82. The van der Waals surface area contributed by atoms with Crippen molar-refractivity contribution in [2.75, 3.05) is 24.3 Å². The number of unbranched alkanes of at least 4 members (excludes halogenated alkanes) is 2. The fourth-order valence-electron chi connectivity index (χ4n) is 4.46. The summed E-state index contributed by atoms with van der Waals surface area (Å²) in [5.74, 6) is 0.940. The largest absolute Gasteiger partial charge is 0.416 e. The Bertz CT molecular complexity index is 880. The van der Waals surface area contributed by atoms with Crippen molar-refractivity contribution in [1.29, 1.82) is 0 Å². The number of anilines is 2. The summed E-state index contributed by atoms with van der Waals surface area (Å²) in [5, 5.41) is 0. The molecule has 2 aromatic carbocycles. The average molecular weight is 532 g/mol. The molecule has 3 rings (SSSR count). The number of fused-ring (bicyclic) bond motifs is 1. The van der Waals surface area contributed by atoms with E-state index in [1.165, 1.54) is 12.1 Å². The molecule has 1 atom stereocenters. The van der Waals surface area contributed by atoms with Gasteiger partial charge < -0.3 is 4.90 Å². The Morgan fingerprint density at radius 2 is 1.66 bits per heavy atom. The van der Waals surface area contributed by atoms with Gasteiger partial charge in [0, 0.05) is 22.1 Å². The van der Waals surface area contributed by atoms with Crippen LogP contribution >= 0.6 is 15.9 Å². The van der Waals surface area contributed by atoms with Gasteiger partial charge in [0.2, 0.25) is 4.90 Å². The van der Waals surface area contributed by atoms with Crippen LogP contribution in [-0.4, -0.2) is 19.4 Å². The molecule has 176 valence electrons. The van der Waals surface area contributed by atoms with Crippen molar-refractivity contribution in [2.45, 2.75) is 63.4 Å². The Morgan fingerprint density at radius 1 is 1.03 bits per heavy atom. The molecule has 0 radical (unpaired) electrons. The van der Waals surface area contributed by atoms with E-state index in [0.29, 0.717) is 0 Å². The topological polar surface area (TPSA) is 12.5 Å². The van der Waals surface area contributed by atoms with Crippen LogP contribution in [0.2, 0.25) is 0 Å². The molecule has 7 heteroatoms. The van der Waals surface area contributed by atoms with Crippen molar-refractivity contribution in [2.24, 2.45) is 5.41 Å². The number of hydrogen-bond donors (Lipinski definition) is 0. The van der Waals surface area contributed by atoms with Crippen LogP contribution in [0.5, 0.6) is 0 Å². The van der Waals surface area contributed by atoms with Gasteiger partial charge in [0.1, 0.15) is 5.69 Å². The minimum Gasteiger partial charge on any atom is -0.337 e. The minimum atomic E-state index is -4.34. The SMILES string of the molecule is CCCCC1(CCCC)CN(c2ccc(C(F)(F)F)cc2)c2cc(Br)ccc2[S+](OC)C1. The Balaban J connectivity index is 2.13. The maximum atomic E-state index is 13.2. The Kier molecular flexibility index (Phi) is 8.61. The molecule has 0 N–H and O–H groups in total. The lowest BCUT2D eigenvalue weighted by Crippen LogP contribution is -2.38. The third-order valence-electron chi connectivity index (χ3n) is 6.22. The zero-order valence-corrected chi connectivity index (χ0v) is 21.4. The summed E-state index contributed by atoms with van der Waals surface area (Å²) < 4.78 is 46.5. The number of alkyl halides is 3. The first kappa shape index (κ1) is 25.4. The highest BCUT2D eigenvalue weighted by molar-refractivity contribution is 9.10. The molecule has 1 unspecified atom stereocenters. The first-order valence-electron chi connectivity index (χ1n) is 11.2. The van der Waals surface area contributed by atoms with E-state index >= 15 is 0 Å². The normalized spacial score (nSPS) is 18.3. The van der Waals surface area contributed by atoms with Gasteiger partial charge in [-0.15, -0.1) is 0 Å². The number of rotatable bonds is 8. The zero-order valence-electron chi connectivity index (χ0n) is 19.0. The summed E-state index contributed by atoms with van der Waals surface area (Å²) >= 11 is 3.21.